The molecule has 0 N–H and O–H groups in total. The van der Waals surface area contributed by atoms with Crippen molar-refractivity contribution in [1.29, 1.82) is 0 Å². The standard InChI is InChI=1S/C23H45N3O2/c1-19(2)26-12-10-25(11-13-26)18-20-6-8-24(9-7-20)14-15-27-21-16-22(17-21)28-23(3,4)5/h19-22H,6-18H2,1-5H3. The second-order valence-electron chi connectivity index (χ2n) is 10.5. The second kappa shape index (κ2) is 10.2. The first-order chi connectivity index (χ1) is 13.3. The van der Waals surface area contributed by atoms with Crippen LogP contribution in [0.15, 0.2) is 0 Å². The Hall–Kier alpha value is -0.200. The van der Waals surface area contributed by atoms with Crippen LogP contribution in [0, 0.1) is 5.92 Å². The van der Waals surface area contributed by atoms with E-state index in [9.17, 15) is 0 Å². The minimum atomic E-state index is -0.0258. The molecule has 164 valence electrons. The van der Waals surface area contributed by atoms with Gasteiger partial charge in [0.25, 0.3) is 0 Å². The molecule has 2 saturated heterocycles. The fourth-order valence-corrected chi connectivity index (χ4v) is 4.82. The van der Waals surface area contributed by atoms with Crippen LogP contribution in [0.25, 0.3) is 0 Å². The molecule has 5 heteroatoms. The molecule has 3 fully saturated rings. The Kier molecular flexibility index (Phi) is 8.20. The van der Waals surface area contributed by atoms with E-state index in [4.69, 9.17) is 9.47 Å². The first-order valence-corrected chi connectivity index (χ1v) is 11.8. The zero-order chi connectivity index (χ0) is 20.1. The Morgan fingerprint density at radius 1 is 0.857 bits per heavy atom. The largest absolute Gasteiger partial charge is 0.377 e. The molecule has 0 spiro atoms. The molecule has 0 aromatic rings. The smallest absolute Gasteiger partial charge is 0.0631 e. The fraction of sp³-hybridized carbons (Fsp3) is 1.00. The molecule has 1 saturated carbocycles. The first-order valence-electron chi connectivity index (χ1n) is 11.8. The quantitative estimate of drug-likeness (QED) is 0.630. The Balaban J connectivity index is 1.21. The summed E-state index contributed by atoms with van der Waals surface area (Å²) < 4.78 is 12.1. The van der Waals surface area contributed by atoms with Crippen LogP contribution in [-0.4, -0.2) is 97.5 Å². The van der Waals surface area contributed by atoms with Gasteiger partial charge in [-0.05, 0) is 79.3 Å². The molecular formula is C23H45N3O2. The average Bonchev–Trinajstić information content (AvgIpc) is 2.60. The number of hydrogen-bond acceptors (Lipinski definition) is 5. The Labute approximate surface area is 173 Å². The van der Waals surface area contributed by atoms with Crippen molar-refractivity contribution in [2.45, 2.75) is 84.2 Å². The number of rotatable bonds is 8. The van der Waals surface area contributed by atoms with Crippen LogP contribution in [0.1, 0.15) is 60.3 Å². The lowest BCUT2D eigenvalue weighted by Crippen LogP contribution is -2.50. The number of ether oxygens (including phenoxy) is 2. The normalized spacial score (nSPS) is 29.4. The molecule has 3 rings (SSSR count). The third kappa shape index (κ3) is 7.24. The molecule has 0 unspecified atom stereocenters. The summed E-state index contributed by atoms with van der Waals surface area (Å²) in [6.45, 7) is 21.8. The van der Waals surface area contributed by atoms with Gasteiger partial charge >= 0.3 is 0 Å². The molecule has 28 heavy (non-hydrogen) atoms. The lowest BCUT2D eigenvalue weighted by atomic mass is 9.91. The van der Waals surface area contributed by atoms with Gasteiger partial charge in [0.05, 0.1) is 24.4 Å². The van der Waals surface area contributed by atoms with Crippen molar-refractivity contribution in [2.75, 3.05) is 59.0 Å². The molecule has 5 nitrogen and oxygen atoms in total. The van der Waals surface area contributed by atoms with E-state index in [2.05, 4.69) is 49.3 Å². The maximum Gasteiger partial charge on any atom is 0.0631 e. The number of hydrogen-bond donors (Lipinski definition) is 0. The van der Waals surface area contributed by atoms with Gasteiger partial charge in [-0.15, -0.1) is 0 Å². The third-order valence-electron chi connectivity index (χ3n) is 6.69. The van der Waals surface area contributed by atoms with Crippen LogP contribution < -0.4 is 0 Å². The summed E-state index contributed by atoms with van der Waals surface area (Å²) in [7, 11) is 0. The van der Waals surface area contributed by atoms with Gasteiger partial charge < -0.3 is 19.3 Å². The SMILES string of the molecule is CC(C)N1CCN(CC2CCN(CCOC3CC(OC(C)(C)C)C3)CC2)CC1. The molecular weight excluding hydrogens is 350 g/mol. The van der Waals surface area contributed by atoms with Gasteiger partial charge in [0.1, 0.15) is 0 Å². The van der Waals surface area contributed by atoms with Crippen molar-refractivity contribution < 1.29 is 9.47 Å². The zero-order valence-electron chi connectivity index (χ0n) is 19.2. The summed E-state index contributed by atoms with van der Waals surface area (Å²) in [4.78, 5) is 7.92. The van der Waals surface area contributed by atoms with Gasteiger partial charge in [-0.3, -0.25) is 4.90 Å². The van der Waals surface area contributed by atoms with Crippen LogP contribution in [0.5, 0.6) is 0 Å². The van der Waals surface area contributed by atoms with Gasteiger partial charge in [-0.1, -0.05) is 0 Å². The molecule has 1 aliphatic carbocycles. The average molecular weight is 396 g/mol. The lowest BCUT2D eigenvalue weighted by Gasteiger charge is -2.40. The predicted molar refractivity (Wildman–Crippen MR) is 116 cm³/mol. The summed E-state index contributed by atoms with van der Waals surface area (Å²) in [6.07, 6.45) is 5.69. The van der Waals surface area contributed by atoms with E-state index in [0.29, 0.717) is 18.2 Å². The topological polar surface area (TPSA) is 28.2 Å². The zero-order valence-corrected chi connectivity index (χ0v) is 19.2. The highest BCUT2D eigenvalue weighted by Crippen LogP contribution is 2.30. The van der Waals surface area contributed by atoms with Crippen molar-refractivity contribution >= 4 is 0 Å². The number of likely N-dealkylation sites (tertiary alicyclic amines) is 1. The fourth-order valence-electron chi connectivity index (χ4n) is 4.82. The van der Waals surface area contributed by atoms with Gasteiger partial charge in [-0.2, -0.15) is 0 Å². The maximum absolute atomic E-state index is 6.07. The molecule has 2 aliphatic heterocycles. The Morgan fingerprint density at radius 3 is 2.07 bits per heavy atom. The van der Waals surface area contributed by atoms with Crippen LogP contribution in [0.3, 0.4) is 0 Å². The minimum Gasteiger partial charge on any atom is -0.377 e. The molecule has 2 heterocycles. The summed E-state index contributed by atoms with van der Waals surface area (Å²) in [5, 5.41) is 0. The van der Waals surface area contributed by atoms with Gasteiger partial charge in [-0.25, -0.2) is 0 Å². The van der Waals surface area contributed by atoms with E-state index in [0.717, 1.165) is 31.9 Å². The molecule has 0 amide bonds. The van der Waals surface area contributed by atoms with E-state index in [1.165, 1.54) is 58.7 Å². The minimum absolute atomic E-state index is 0.0258. The van der Waals surface area contributed by atoms with Crippen molar-refractivity contribution in [1.82, 2.24) is 14.7 Å². The van der Waals surface area contributed by atoms with Crippen molar-refractivity contribution in [2.24, 2.45) is 5.92 Å². The second-order valence-corrected chi connectivity index (χ2v) is 10.5. The van der Waals surface area contributed by atoms with E-state index < -0.39 is 0 Å². The molecule has 0 aromatic carbocycles. The van der Waals surface area contributed by atoms with Crippen molar-refractivity contribution in [3.05, 3.63) is 0 Å². The van der Waals surface area contributed by atoms with Gasteiger partial charge in [0, 0.05) is 45.3 Å². The third-order valence-corrected chi connectivity index (χ3v) is 6.69. The van der Waals surface area contributed by atoms with E-state index in [-0.39, 0.29) is 5.60 Å². The molecule has 0 aromatic heterocycles. The Bertz CT molecular complexity index is 443. The van der Waals surface area contributed by atoms with E-state index >= 15 is 0 Å². The summed E-state index contributed by atoms with van der Waals surface area (Å²) >= 11 is 0. The van der Waals surface area contributed by atoms with Gasteiger partial charge in [0.2, 0.25) is 0 Å². The highest BCUT2D eigenvalue weighted by atomic mass is 16.5. The highest BCUT2D eigenvalue weighted by molar-refractivity contribution is 4.84. The molecule has 0 radical (unpaired) electrons. The van der Waals surface area contributed by atoms with Crippen LogP contribution in [-0.2, 0) is 9.47 Å². The van der Waals surface area contributed by atoms with Crippen LogP contribution in [0.2, 0.25) is 0 Å². The number of piperidine rings is 1. The first kappa shape index (κ1) is 22.5. The van der Waals surface area contributed by atoms with Crippen molar-refractivity contribution in [3.8, 4) is 0 Å². The van der Waals surface area contributed by atoms with Crippen molar-refractivity contribution in [3.63, 3.8) is 0 Å². The maximum atomic E-state index is 6.07. The monoisotopic (exact) mass is 395 g/mol. The number of nitrogens with zero attached hydrogens (tertiary/aromatic N) is 3. The Morgan fingerprint density at radius 2 is 1.50 bits per heavy atom. The predicted octanol–water partition coefficient (Wildman–Crippen LogP) is 3.09. The van der Waals surface area contributed by atoms with Gasteiger partial charge in [0.15, 0.2) is 0 Å². The van der Waals surface area contributed by atoms with E-state index in [1.54, 1.807) is 0 Å². The molecule has 3 aliphatic rings. The molecule has 0 atom stereocenters. The summed E-state index contributed by atoms with van der Waals surface area (Å²) in [5.74, 6) is 0.893. The van der Waals surface area contributed by atoms with E-state index in [1.807, 2.05) is 0 Å². The lowest BCUT2D eigenvalue weighted by molar-refractivity contribution is -0.149. The highest BCUT2D eigenvalue weighted by Gasteiger charge is 2.33. The summed E-state index contributed by atoms with van der Waals surface area (Å²) in [6, 6.07) is 0.699. The molecule has 0 bridgehead atoms. The van der Waals surface area contributed by atoms with Crippen LogP contribution in [0.4, 0.5) is 0 Å². The number of piperazine rings is 1. The summed E-state index contributed by atoms with van der Waals surface area (Å²) in [5.41, 5.74) is -0.0258. The van der Waals surface area contributed by atoms with Crippen LogP contribution >= 0.6 is 0 Å².